The molecule has 1 atom stereocenters. The molecule has 98 valence electrons. The van der Waals surface area contributed by atoms with Gasteiger partial charge >= 0.3 is 0 Å². The molecule has 0 bridgehead atoms. The predicted octanol–water partition coefficient (Wildman–Crippen LogP) is 1.16. The Morgan fingerprint density at radius 3 is 2.76 bits per heavy atom. The lowest BCUT2D eigenvalue weighted by Gasteiger charge is -2.36. The number of nitrogens with one attached hydrogen (secondary N) is 1. The van der Waals surface area contributed by atoms with Gasteiger partial charge in [-0.3, -0.25) is 4.79 Å². The molecule has 0 aliphatic carbocycles. The normalized spacial score (nSPS) is 27.1. The van der Waals surface area contributed by atoms with Crippen LogP contribution in [0.3, 0.4) is 0 Å². The van der Waals surface area contributed by atoms with E-state index in [1.54, 1.807) is 6.92 Å². The van der Waals surface area contributed by atoms with Crippen LogP contribution in [0, 0.1) is 0 Å². The van der Waals surface area contributed by atoms with Crippen molar-refractivity contribution in [3.8, 4) is 0 Å². The van der Waals surface area contributed by atoms with Crippen molar-refractivity contribution in [1.29, 1.82) is 0 Å². The first kappa shape index (κ1) is 12.8. The summed E-state index contributed by atoms with van der Waals surface area (Å²) in [6.45, 7) is 5.32. The van der Waals surface area contributed by atoms with Gasteiger partial charge in [0.15, 0.2) is 0 Å². The molecule has 0 aromatic heterocycles. The predicted molar refractivity (Wildman–Crippen MR) is 66.9 cm³/mol. The summed E-state index contributed by atoms with van der Waals surface area (Å²) in [7, 11) is 0. The molecule has 2 aliphatic rings. The smallest absolute Gasteiger partial charge is 0.219 e. The number of nitrogens with zero attached hydrogens (tertiary/aromatic N) is 1. The van der Waals surface area contributed by atoms with E-state index in [2.05, 4.69) is 5.32 Å². The van der Waals surface area contributed by atoms with E-state index in [0.29, 0.717) is 12.1 Å². The maximum atomic E-state index is 11.5. The van der Waals surface area contributed by atoms with Crippen LogP contribution in [-0.4, -0.2) is 49.2 Å². The first-order valence-corrected chi connectivity index (χ1v) is 6.85. The highest BCUT2D eigenvalue weighted by atomic mass is 16.5. The monoisotopic (exact) mass is 240 g/mol. The van der Waals surface area contributed by atoms with Gasteiger partial charge in [0.05, 0.1) is 0 Å². The minimum Gasteiger partial charge on any atom is -0.381 e. The third-order valence-electron chi connectivity index (χ3n) is 3.90. The fourth-order valence-corrected chi connectivity index (χ4v) is 2.83. The number of carbonyl (C=O) groups excluding carboxylic acids is 1. The first-order chi connectivity index (χ1) is 8.27. The lowest BCUT2D eigenvalue weighted by Crippen LogP contribution is -2.50. The summed E-state index contributed by atoms with van der Waals surface area (Å²) in [6, 6.07) is 0.989. The van der Waals surface area contributed by atoms with E-state index in [1.807, 2.05) is 4.90 Å². The number of hydrogen-bond donors (Lipinski definition) is 1. The van der Waals surface area contributed by atoms with Crippen LogP contribution in [0.5, 0.6) is 0 Å². The number of carbonyl (C=O) groups is 1. The maximum absolute atomic E-state index is 11.5. The summed E-state index contributed by atoms with van der Waals surface area (Å²) in [6.07, 6.45) is 5.77. The lowest BCUT2D eigenvalue weighted by atomic mass is 10.0. The highest BCUT2D eigenvalue weighted by Crippen LogP contribution is 2.17. The fourth-order valence-electron chi connectivity index (χ4n) is 2.83. The topological polar surface area (TPSA) is 41.6 Å². The Bertz CT molecular complexity index is 252. The van der Waals surface area contributed by atoms with Gasteiger partial charge in [-0.1, -0.05) is 0 Å². The van der Waals surface area contributed by atoms with Crippen LogP contribution in [0.1, 0.15) is 39.0 Å². The summed E-state index contributed by atoms with van der Waals surface area (Å²) in [5.74, 6) is 0.225. The van der Waals surface area contributed by atoms with E-state index >= 15 is 0 Å². The van der Waals surface area contributed by atoms with E-state index in [0.717, 1.165) is 52.0 Å². The second-order valence-corrected chi connectivity index (χ2v) is 5.16. The molecule has 2 heterocycles. The highest BCUT2D eigenvalue weighted by molar-refractivity contribution is 5.73. The summed E-state index contributed by atoms with van der Waals surface area (Å²) >= 11 is 0. The molecule has 17 heavy (non-hydrogen) atoms. The highest BCUT2D eigenvalue weighted by Gasteiger charge is 2.25. The van der Waals surface area contributed by atoms with E-state index in [9.17, 15) is 4.79 Å². The van der Waals surface area contributed by atoms with Crippen molar-refractivity contribution in [2.75, 3.05) is 26.3 Å². The molecule has 0 spiro atoms. The summed E-state index contributed by atoms with van der Waals surface area (Å²) in [4.78, 5) is 13.6. The molecule has 2 rings (SSSR count). The number of likely N-dealkylation sites (tertiary alicyclic amines) is 1. The second-order valence-electron chi connectivity index (χ2n) is 5.16. The SMILES string of the molecule is CC(=O)N1CCCCC1CNC1CCOCC1. The van der Waals surface area contributed by atoms with Crippen molar-refractivity contribution in [2.45, 2.75) is 51.1 Å². The molecule has 0 radical (unpaired) electrons. The second kappa shape index (κ2) is 6.36. The van der Waals surface area contributed by atoms with Crippen molar-refractivity contribution < 1.29 is 9.53 Å². The van der Waals surface area contributed by atoms with Gasteiger partial charge in [-0.2, -0.15) is 0 Å². The van der Waals surface area contributed by atoms with Crippen molar-refractivity contribution >= 4 is 5.91 Å². The summed E-state index contributed by atoms with van der Waals surface area (Å²) < 4.78 is 5.35. The Morgan fingerprint density at radius 1 is 1.29 bits per heavy atom. The van der Waals surface area contributed by atoms with Crippen LogP contribution in [-0.2, 0) is 9.53 Å². The molecule has 2 saturated heterocycles. The Hall–Kier alpha value is -0.610. The third kappa shape index (κ3) is 3.68. The Labute approximate surface area is 104 Å². The Morgan fingerprint density at radius 2 is 2.06 bits per heavy atom. The third-order valence-corrected chi connectivity index (χ3v) is 3.90. The Balaban J connectivity index is 1.77. The van der Waals surface area contributed by atoms with Crippen LogP contribution in [0.4, 0.5) is 0 Å². The molecule has 1 amide bonds. The van der Waals surface area contributed by atoms with Crippen LogP contribution in [0.15, 0.2) is 0 Å². The van der Waals surface area contributed by atoms with Crippen LogP contribution in [0.2, 0.25) is 0 Å². The molecule has 4 nitrogen and oxygen atoms in total. The molecular weight excluding hydrogens is 216 g/mol. The first-order valence-electron chi connectivity index (χ1n) is 6.85. The molecule has 4 heteroatoms. The Kier molecular flexibility index (Phi) is 4.80. The molecule has 1 unspecified atom stereocenters. The van der Waals surface area contributed by atoms with Gasteiger partial charge < -0.3 is 15.0 Å². The number of ether oxygens (including phenoxy) is 1. The lowest BCUT2D eigenvalue weighted by molar-refractivity contribution is -0.132. The number of rotatable bonds is 3. The van der Waals surface area contributed by atoms with Gasteiger partial charge in [-0.05, 0) is 32.1 Å². The van der Waals surface area contributed by atoms with E-state index < -0.39 is 0 Å². The van der Waals surface area contributed by atoms with Gasteiger partial charge in [0.25, 0.3) is 0 Å². The molecule has 0 saturated carbocycles. The van der Waals surface area contributed by atoms with Gasteiger partial charge in [-0.25, -0.2) is 0 Å². The van der Waals surface area contributed by atoms with E-state index in [-0.39, 0.29) is 5.91 Å². The van der Waals surface area contributed by atoms with Gasteiger partial charge in [0.1, 0.15) is 0 Å². The zero-order valence-electron chi connectivity index (χ0n) is 10.8. The zero-order valence-corrected chi connectivity index (χ0v) is 10.8. The summed E-state index contributed by atoms with van der Waals surface area (Å²) in [5.41, 5.74) is 0. The molecule has 2 fully saturated rings. The molecular formula is C13H24N2O2. The van der Waals surface area contributed by atoms with E-state index in [4.69, 9.17) is 4.74 Å². The van der Waals surface area contributed by atoms with Crippen molar-refractivity contribution in [3.05, 3.63) is 0 Å². The minimum absolute atomic E-state index is 0.225. The van der Waals surface area contributed by atoms with Crippen LogP contribution >= 0.6 is 0 Å². The number of hydrogen-bond acceptors (Lipinski definition) is 3. The van der Waals surface area contributed by atoms with Crippen molar-refractivity contribution in [2.24, 2.45) is 0 Å². The average Bonchev–Trinajstić information content (AvgIpc) is 2.38. The minimum atomic E-state index is 0.225. The van der Waals surface area contributed by atoms with Crippen LogP contribution in [0.25, 0.3) is 0 Å². The van der Waals surface area contributed by atoms with Gasteiger partial charge in [-0.15, -0.1) is 0 Å². The standard InChI is InChI=1S/C13H24N2O2/c1-11(16)15-7-3-2-4-13(15)10-14-12-5-8-17-9-6-12/h12-14H,2-10H2,1H3. The molecule has 2 aliphatic heterocycles. The number of piperidine rings is 1. The molecule has 0 aromatic carbocycles. The van der Waals surface area contributed by atoms with Crippen molar-refractivity contribution in [3.63, 3.8) is 0 Å². The van der Waals surface area contributed by atoms with Crippen molar-refractivity contribution in [1.82, 2.24) is 10.2 Å². The zero-order chi connectivity index (χ0) is 12.1. The number of amides is 1. The van der Waals surface area contributed by atoms with E-state index in [1.165, 1.54) is 6.42 Å². The largest absolute Gasteiger partial charge is 0.381 e. The van der Waals surface area contributed by atoms with Crippen LogP contribution < -0.4 is 5.32 Å². The molecule has 0 aromatic rings. The van der Waals surface area contributed by atoms with Gasteiger partial charge in [0.2, 0.25) is 5.91 Å². The summed E-state index contributed by atoms with van der Waals surface area (Å²) in [5, 5.41) is 3.60. The molecule has 1 N–H and O–H groups in total. The average molecular weight is 240 g/mol. The van der Waals surface area contributed by atoms with Gasteiger partial charge in [0, 0.05) is 45.3 Å². The fraction of sp³-hybridized carbons (Fsp3) is 0.923. The maximum Gasteiger partial charge on any atom is 0.219 e. The quantitative estimate of drug-likeness (QED) is 0.805.